The molecule has 0 amide bonds. The SMILES string of the molecule is O=S(=O)(NC1CCOC1)c1ccc(Br)c(F)c1. The van der Waals surface area contributed by atoms with Gasteiger partial charge in [0.05, 0.1) is 16.0 Å². The maximum atomic E-state index is 13.3. The minimum atomic E-state index is -3.67. The molecule has 0 aliphatic carbocycles. The lowest BCUT2D eigenvalue weighted by Crippen LogP contribution is -2.35. The van der Waals surface area contributed by atoms with Crippen LogP contribution in [0.15, 0.2) is 27.6 Å². The van der Waals surface area contributed by atoms with Crippen molar-refractivity contribution in [3.63, 3.8) is 0 Å². The molecule has 7 heteroatoms. The van der Waals surface area contributed by atoms with Crippen LogP contribution in [-0.4, -0.2) is 27.7 Å². The third kappa shape index (κ3) is 3.04. The number of ether oxygens (including phenoxy) is 1. The van der Waals surface area contributed by atoms with Gasteiger partial charge < -0.3 is 4.74 Å². The van der Waals surface area contributed by atoms with E-state index in [-0.39, 0.29) is 15.4 Å². The fraction of sp³-hybridized carbons (Fsp3) is 0.400. The van der Waals surface area contributed by atoms with Gasteiger partial charge in [0.2, 0.25) is 10.0 Å². The molecule has 1 heterocycles. The van der Waals surface area contributed by atoms with Crippen LogP contribution in [-0.2, 0) is 14.8 Å². The van der Waals surface area contributed by atoms with Crippen LogP contribution in [0.4, 0.5) is 4.39 Å². The molecule has 1 aliphatic rings. The summed E-state index contributed by atoms with van der Waals surface area (Å²) in [4.78, 5) is -0.0786. The normalized spacial score (nSPS) is 20.7. The van der Waals surface area contributed by atoms with Gasteiger partial charge in [-0.05, 0) is 40.5 Å². The maximum Gasteiger partial charge on any atom is 0.241 e. The van der Waals surface area contributed by atoms with Gasteiger partial charge in [-0.3, -0.25) is 0 Å². The third-order valence-corrected chi connectivity index (χ3v) is 4.61. The Morgan fingerprint density at radius 2 is 2.24 bits per heavy atom. The van der Waals surface area contributed by atoms with Crippen molar-refractivity contribution in [2.24, 2.45) is 0 Å². The summed E-state index contributed by atoms with van der Waals surface area (Å²) < 4.78 is 44.9. The summed E-state index contributed by atoms with van der Waals surface area (Å²) in [6, 6.07) is 3.48. The van der Waals surface area contributed by atoms with Crippen molar-refractivity contribution in [1.29, 1.82) is 0 Å². The van der Waals surface area contributed by atoms with Crippen molar-refractivity contribution in [1.82, 2.24) is 4.72 Å². The van der Waals surface area contributed by atoms with Crippen molar-refractivity contribution in [3.8, 4) is 0 Å². The van der Waals surface area contributed by atoms with Gasteiger partial charge in [0.25, 0.3) is 0 Å². The Balaban J connectivity index is 2.21. The predicted molar refractivity (Wildman–Crippen MR) is 63.6 cm³/mol. The van der Waals surface area contributed by atoms with Gasteiger partial charge >= 0.3 is 0 Å². The van der Waals surface area contributed by atoms with Gasteiger partial charge in [-0.2, -0.15) is 0 Å². The van der Waals surface area contributed by atoms with Crippen molar-refractivity contribution in [2.45, 2.75) is 17.4 Å². The highest BCUT2D eigenvalue weighted by molar-refractivity contribution is 9.10. The van der Waals surface area contributed by atoms with Crippen LogP contribution in [0.2, 0.25) is 0 Å². The highest BCUT2D eigenvalue weighted by Gasteiger charge is 2.23. The second kappa shape index (κ2) is 5.01. The van der Waals surface area contributed by atoms with Crippen LogP contribution in [0.5, 0.6) is 0 Å². The van der Waals surface area contributed by atoms with Crippen LogP contribution in [0.1, 0.15) is 6.42 Å². The lowest BCUT2D eigenvalue weighted by Gasteiger charge is -2.11. The van der Waals surface area contributed by atoms with E-state index in [1.54, 1.807) is 0 Å². The smallest absolute Gasteiger partial charge is 0.241 e. The van der Waals surface area contributed by atoms with E-state index in [2.05, 4.69) is 20.7 Å². The Morgan fingerprint density at radius 3 is 2.82 bits per heavy atom. The van der Waals surface area contributed by atoms with Gasteiger partial charge in [0.15, 0.2) is 0 Å². The highest BCUT2D eigenvalue weighted by Crippen LogP contribution is 2.20. The average Bonchev–Trinajstić information content (AvgIpc) is 2.73. The molecule has 1 aromatic rings. The van der Waals surface area contributed by atoms with Crippen LogP contribution in [0, 0.1) is 5.82 Å². The monoisotopic (exact) mass is 323 g/mol. The van der Waals surface area contributed by atoms with E-state index in [4.69, 9.17) is 4.74 Å². The van der Waals surface area contributed by atoms with Crippen LogP contribution < -0.4 is 4.72 Å². The number of rotatable bonds is 3. The quantitative estimate of drug-likeness (QED) is 0.920. The molecule has 2 rings (SSSR count). The molecular weight excluding hydrogens is 313 g/mol. The minimum absolute atomic E-state index is 0.0786. The molecule has 0 spiro atoms. The summed E-state index contributed by atoms with van der Waals surface area (Å²) >= 11 is 2.97. The van der Waals surface area contributed by atoms with E-state index in [9.17, 15) is 12.8 Å². The first-order valence-electron chi connectivity index (χ1n) is 5.04. The third-order valence-electron chi connectivity index (χ3n) is 2.45. The van der Waals surface area contributed by atoms with Crippen molar-refractivity contribution in [2.75, 3.05) is 13.2 Å². The van der Waals surface area contributed by atoms with Gasteiger partial charge in [0.1, 0.15) is 5.82 Å². The molecule has 0 aromatic heterocycles. The average molecular weight is 324 g/mol. The molecule has 1 atom stereocenters. The first kappa shape index (κ1) is 12.9. The maximum absolute atomic E-state index is 13.3. The predicted octanol–water partition coefficient (Wildman–Crippen LogP) is 1.66. The molecule has 0 radical (unpaired) electrons. The van der Waals surface area contributed by atoms with Gasteiger partial charge in [0, 0.05) is 12.6 Å². The molecule has 0 saturated carbocycles. The number of halogens is 2. The fourth-order valence-electron chi connectivity index (χ4n) is 1.56. The zero-order chi connectivity index (χ0) is 12.5. The zero-order valence-corrected chi connectivity index (χ0v) is 11.2. The molecule has 4 nitrogen and oxygen atoms in total. The molecule has 1 fully saturated rings. The summed E-state index contributed by atoms with van der Waals surface area (Å²) in [6.07, 6.45) is 0.637. The first-order chi connectivity index (χ1) is 7.99. The molecule has 1 saturated heterocycles. The number of hydrogen-bond acceptors (Lipinski definition) is 3. The van der Waals surface area contributed by atoms with Gasteiger partial charge in [-0.1, -0.05) is 0 Å². The topological polar surface area (TPSA) is 55.4 Å². The molecule has 1 aliphatic heterocycles. The Kier molecular flexibility index (Phi) is 3.82. The first-order valence-corrected chi connectivity index (χ1v) is 7.32. The second-order valence-corrected chi connectivity index (χ2v) is 6.33. The molecule has 94 valence electrons. The van der Waals surface area contributed by atoms with E-state index >= 15 is 0 Å². The van der Waals surface area contributed by atoms with E-state index in [0.29, 0.717) is 19.6 Å². The van der Waals surface area contributed by atoms with Crippen LogP contribution in [0.3, 0.4) is 0 Å². The Hall–Kier alpha value is -0.500. The largest absolute Gasteiger partial charge is 0.380 e. The minimum Gasteiger partial charge on any atom is -0.380 e. The van der Waals surface area contributed by atoms with E-state index in [1.807, 2.05) is 0 Å². The molecule has 17 heavy (non-hydrogen) atoms. The zero-order valence-electron chi connectivity index (χ0n) is 8.82. The lowest BCUT2D eigenvalue weighted by atomic mass is 10.3. The standard InChI is InChI=1S/C10H11BrFNO3S/c11-9-2-1-8(5-10(9)12)17(14,15)13-7-3-4-16-6-7/h1-2,5,7,13H,3-4,6H2. The number of nitrogens with one attached hydrogen (secondary N) is 1. The molecule has 1 N–H and O–H groups in total. The number of benzene rings is 1. The summed E-state index contributed by atoms with van der Waals surface area (Å²) in [5, 5.41) is 0. The van der Waals surface area contributed by atoms with E-state index in [0.717, 1.165) is 6.07 Å². The second-order valence-electron chi connectivity index (χ2n) is 3.76. The van der Waals surface area contributed by atoms with E-state index in [1.165, 1.54) is 12.1 Å². The van der Waals surface area contributed by atoms with Crippen molar-refractivity contribution >= 4 is 26.0 Å². The molecule has 0 bridgehead atoms. The van der Waals surface area contributed by atoms with Gasteiger partial charge in [-0.25, -0.2) is 17.5 Å². The Labute approximate surface area is 107 Å². The molecule has 1 aromatic carbocycles. The van der Waals surface area contributed by atoms with Crippen molar-refractivity contribution in [3.05, 3.63) is 28.5 Å². The summed E-state index contributed by atoms with van der Waals surface area (Å²) in [5.74, 6) is -0.601. The summed E-state index contributed by atoms with van der Waals surface area (Å²) in [5.41, 5.74) is 0. The number of sulfonamides is 1. The van der Waals surface area contributed by atoms with Crippen LogP contribution >= 0.6 is 15.9 Å². The fourth-order valence-corrected chi connectivity index (χ4v) is 3.07. The highest BCUT2D eigenvalue weighted by atomic mass is 79.9. The van der Waals surface area contributed by atoms with Crippen LogP contribution in [0.25, 0.3) is 0 Å². The molecule has 1 unspecified atom stereocenters. The number of hydrogen-bond donors (Lipinski definition) is 1. The lowest BCUT2D eigenvalue weighted by molar-refractivity contribution is 0.192. The van der Waals surface area contributed by atoms with E-state index < -0.39 is 15.8 Å². The summed E-state index contributed by atoms with van der Waals surface area (Å²) in [6.45, 7) is 0.903. The Bertz CT molecular complexity index is 514. The molecular formula is C10H11BrFNO3S. The Morgan fingerprint density at radius 1 is 1.47 bits per heavy atom. The van der Waals surface area contributed by atoms with Crippen molar-refractivity contribution < 1.29 is 17.5 Å². The summed E-state index contributed by atoms with van der Waals surface area (Å²) in [7, 11) is -3.67. The van der Waals surface area contributed by atoms with Gasteiger partial charge in [-0.15, -0.1) is 0 Å².